The molecule has 1 aromatic rings. The molecule has 1 heterocycles. The standard InChI is InChI=1S/C11H20N4O/c1-7(13-10(16)11(3,4)12)9-6-15(5)14-8(9)2/h6-7H,12H2,1-5H3,(H,13,16). The lowest BCUT2D eigenvalue weighted by atomic mass is 10.0. The number of aryl methyl sites for hydroxylation is 2. The molecule has 1 amide bonds. The highest BCUT2D eigenvalue weighted by Gasteiger charge is 2.24. The van der Waals surface area contributed by atoms with Crippen molar-refractivity contribution < 1.29 is 4.79 Å². The fraction of sp³-hybridized carbons (Fsp3) is 0.636. The van der Waals surface area contributed by atoms with Crippen molar-refractivity contribution in [3.63, 3.8) is 0 Å². The quantitative estimate of drug-likeness (QED) is 0.791. The average Bonchev–Trinajstić information content (AvgIpc) is 2.43. The molecule has 1 aromatic heterocycles. The Hall–Kier alpha value is -1.36. The average molecular weight is 224 g/mol. The van der Waals surface area contributed by atoms with Crippen LogP contribution < -0.4 is 11.1 Å². The predicted molar refractivity (Wildman–Crippen MR) is 62.8 cm³/mol. The van der Waals surface area contributed by atoms with E-state index in [1.54, 1.807) is 18.5 Å². The van der Waals surface area contributed by atoms with Crippen LogP contribution in [-0.4, -0.2) is 21.2 Å². The van der Waals surface area contributed by atoms with Gasteiger partial charge in [-0.25, -0.2) is 0 Å². The van der Waals surface area contributed by atoms with Crippen molar-refractivity contribution in [3.05, 3.63) is 17.5 Å². The molecule has 0 aromatic carbocycles. The maximum atomic E-state index is 11.7. The maximum absolute atomic E-state index is 11.7. The summed E-state index contributed by atoms with van der Waals surface area (Å²) in [5, 5.41) is 7.11. The summed E-state index contributed by atoms with van der Waals surface area (Å²) in [5.74, 6) is -0.164. The molecule has 1 unspecified atom stereocenters. The van der Waals surface area contributed by atoms with E-state index in [1.165, 1.54) is 0 Å². The lowest BCUT2D eigenvalue weighted by molar-refractivity contribution is -0.125. The molecule has 3 N–H and O–H groups in total. The zero-order chi connectivity index (χ0) is 12.5. The Bertz CT molecular complexity index is 389. The second kappa shape index (κ2) is 4.25. The number of nitrogens with zero attached hydrogens (tertiary/aromatic N) is 2. The number of aromatic nitrogens is 2. The number of hydrogen-bond donors (Lipinski definition) is 2. The third-order valence-electron chi connectivity index (χ3n) is 2.45. The molecule has 16 heavy (non-hydrogen) atoms. The lowest BCUT2D eigenvalue weighted by Gasteiger charge is -2.21. The Balaban J connectivity index is 2.77. The molecular weight excluding hydrogens is 204 g/mol. The minimum absolute atomic E-state index is 0.0796. The van der Waals surface area contributed by atoms with Gasteiger partial charge in [-0.2, -0.15) is 5.10 Å². The van der Waals surface area contributed by atoms with Gasteiger partial charge in [0, 0.05) is 18.8 Å². The van der Waals surface area contributed by atoms with Crippen LogP contribution in [0.4, 0.5) is 0 Å². The second-order valence-electron chi connectivity index (χ2n) is 4.76. The van der Waals surface area contributed by atoms with Crippen LogP contribution in [0.1, 0.15) is 38.1 Å². The molecule has 1 atom stereocenters. The lowest BCUT2D eigenvalue weighted by Crippen LogP contribution is -2.49. The highest BCUT2D eigenvalue weighted by atomic mass is 16.2. The minimum Gasteiger partial charge on any atom is -0.348 e. The molecule has 1 rings (SSSR count). The molecule has 0 aliphatic rings. The van der Waals surface area contributed by atoms with E-state index in [-0.39, 0.29) is 11.9 Å². The van der Waals surface area contributed by atoms with E-state index < -0.39 is 5.54 Å². The summed E-state index contributed by atoms with van der Waals surface area (Å²) in [5.41, 5.74) is 6.79. The van der Waals surface area contributed by atoms with Gasteiger partial charge in [0.1, 0.15) is 0 Å². The molecular formula is C11H20N4O. The Morgan fingerprint density at radius 2 is 2.19 bits per heavy atom. The van der Waals surface area contributed by atoms with Crippen LogP contribution in [0.25, 0.3) is 0 Å². The Kier molecular flexibility index (Phi) is 3.38. The van der Waals surface area contributed by atoms with Crippen molar-refractivity contribution in [3.8, 4) is 0 Å². The van der Waals surface area contributed by atoms with E-state index in [2.05, 4.69) is 10.4 Å². The first-order chi connectivity index (χ1) is 7.21. The van der Waals surface area contributed by atoms with Gasteiger partial charge in [-0.3, -0.25) is 9.48 Å². The molecule has 0 saturated carbocycles. The van der Waals surface area contributed by atoms with E-state index in [0.29, 0.717) is 0 Å². The van der Waals surface area contributed by atoms with Gasteiger partial charge in [0.2, 0.25) is 5.91 Å². The van der Waals surface area contributed by atoms with Crippen molar-refractivity contribution in [1.82, 2.24) is 15.1 Å². The van der Waals surface area contributed by atoms with Crippen LogP contribution >= 0.6 is 0 Å². The minimum atomic E-state index is -0.857. The van der Waals surface area contributed by atoms with Crippen molar-refractivity contribution in [2.75, 3.05) is 0 Å². The Morgan fingerprint density at radius 1 is 1.62 bits per heavy atom. The number of hydrogen-bond acceptors (Lipinski definition) is 3. The molecule has 0 spiro atoms. The number of carbonyl (C=O) groups is 1. The highest BCUT2D eigenvalue weighted by Crippen LogP contribution is 2.16. The molecule has 0 fully saturated rings. The van der Waals surface area contributed by atoms with Gasteiger partial charge in [-0.1, -0.05) is 0 Å². The van der Waals surface area contributed by atoms with Gasteiger partial charge in [-0.15, -0.1) is 0 Å². The fourth-order valence-corrected chi connectivity index (χ4v) is 1.50. The summed E-state index contributed by atoms with van der Waals surface area (Å²) in [4.78, 5) is 11.7. The Morgan fingerprint density at radius 3 is 2.56 bits per heavy atom. The van der Waals surface area contributed by atoms with Crippen LogP contribution in [0.2, 0.25) is 0 Å². The van der Waals surface area contributed by atoms with E-state index >= 15 is 0 Å². The molecule has 0 saturated heterocycles. The highest BCUT2D eigenvalue weighted by molar-refractivity contribution is 5.85. The predicted octanol–water partition coefficient (Wildman–Crippen LogP) is 0.643. The van der Waals surface area contributed by atoms with Crippen molar-refractivity contribution in [1.29, 1.82) is 0 Å². The fourth-order valence-electron chi connectivity index (χ4n) is 1.50. The van der Waals surface area contributed by atoms with Crippen molar-refractivity contribution in [2.24, 2.45) is 12.8 Å². The molecule has 0 bridgehead atoms. The first kappa shape index (κ1) is 12.7. The van der Waals surface area contributed by atoms with Crippen molar-refractivity contribution >= 4 is 5.91 Å². The first-order valence-corrected chi connectivity index (χ1v) is 5.32. The van der Waals surface area contributed by atoms with Crippen LogP contribution in [0, 0.1) is 6.92 Å². The summed E-state index contributed by atoms with van der Waals surface area (Å²) >= 11 is 0. The summed E-state index contributed by atoms with van der Waals surface area (Å²) < 4.78 is 1.74. The molecule has 5 heteroatoms. The zero-order valence-electron chi connectivity index (χ0n) is 10.5. The number of rotatable bonds is 3. The van der Waals surface area contributed by atoms with E-state index in [0.717, 1.165) is 11.3 Å². The molecule has 0 aliphatic carbocycles. The normalized spacial score (nSPS) is 13.6. The van der Waals surface area contributed by atoms with Gasteiger partial charge in [-0.05, 0) is 27.7 Å². The molecule has 5 nitrogen and oxygen atoms in total. The van der Waals surface area contributed by atoms with E-state index in [4.69, 9.17) is 5.73 Å². The topological polar surface area (TPSA) is 72.9 Å². The first-order valence-electron chi connectivity index (χ1n) is 5.32. The van der Waals surface area contributed by atoms with Gasteiger partial charge in [0.05, 0.1) is 17.3 Å². The maximum Gasteiger partial charge on any atom is 0.239 e. The smallest absolute Gasteiger partial charge is 0.239 e. The zero-order valence-corrected chi connectivity index (χ0v) is 10.5. The third kappa shape index (κ3) is 2.82. The van der Waals surface area contributed by atoms with Crippen LogP contribution in [0.3, 0.4) is 0 Å². The SMILES string of the molecule is Cc1nn(C)cc1C(C)NC(=O)C(C)(C)N. The number of amides is 1. The van der Waals surface area contributed by atoms with Gasteiger partial charge in [0.15, 0.2) is 0 Å². The van der Waals surface area contributed by atoms with Gasteiger partial charge in [0.25, 0.3) is 0 Å². The third-order valence-corrected chi connectivity index (χ3v) is 2.45. The van der Waals surface area contributed by atoms with Crippen LogP contribution in [-0.2, 0) is 11.8 Å². The molecule has 0 aliphatic heterocycles. The van der Waals surface area contributed by atoms with Crippen LogP contribution in [0.5, 0.6) is 0 Å². The van der Waals surface area contributed by atoms with Crippen molar-refractivity contribution in [2.45, 2.75) is 39.3 Å². The van der Waals surface area contributed by atoms with Gasteiger partial charge < -0.3 is 11.1 Å². The summed E-state index contributed by atoms with van der Waals surface area (Å²) in [6.07, 6.45) is 1.91. The number of nitrogens with two attached hydrogens (primary N) is 1. The van der Waals surface area contributed by atoms with E-state index in [9.17, 15) is 4.79 Å². The van der Waals surface area contributed by atoms with Crippen LogP contribution in [0.15, 0.2) is 6.20 Å². The summed E-state index contributed by atoms with van der Waals surface area (Å²) in [6, 6.07) is -0.0796. The number of nitrogens with one attached hydrogen (secondary N) is 1. The summed E-state index contributed by atoms with van der Waals surface area (Å²) in [6.45, 7) is 7.22. The summed E-state index contributed by atoms with van der Waals surface area (Å²) in [7, 11) is 1.86. The second-order valence-corrected chi connectivity index (χ2v) is 4.76. The largest absolute Gasteiger partial charge is 0.348 e. The monoisotopic (exact) mass is 224 g/mol. The molecule has 90 valence electrons. The molecule has 0 radical (unpaired) electrons. The number of carbonyl (C=O) groups excluding carboxylic acids is 1. The van der Waals surface area contributed by atoms with E-state index in [1.807, 2.05) is 27.1 Å². The van der Waals surface area contributed by atoms with Gasteiger partial charge >= 0.3 is 0 Å². The Labute approximate surface area is 96.0 Å².